The monoisotopic (exact) mass is 568 g/mol. The molecule has 0 bridgehead atoms. The first-order valence-electron chi connectivity index (χ1n) is 12.8. The number of benzene rings is 3. The van der Waals surface area contributed by atoms with Gasteiger partial charge in [0.05, 0.1) is 34.5 Å². The van der Waals surface area contributed by atoms with Crippen molar-refractivity contribution in [3.63, 3.8) is 0 Å². The van der Waals surface area contributed by atoms with E-state index in [-0.39, 0.29) is 12.4 Å². The highest BCUT2D eigenvalue weighted by atomic mass is 35.5. The lowest BCUT2D eigenvalue weighted by atomic mass is 9.93. The molecule has 1 aliphatic heterocycles. The first kappa shape index (κ1) is 30.5. The van der Waals surface area contributed by atoms with Crippen molar-refractivity contribution in [1.29, 1.82) is 5.26 Å². The number of aryl methyl sites for hydroxylation is 1. The molecule has 0 amide bonds. The Hall–Kier alpha value is -3.05. The molecule has 0 N–H and O–H groups in total. The summed E-state index contributed by atoms with van der Waals surface area (Å²) >= 11 is 1.61. The highest BCUT2D eigenvalue weighted by Crippen LogP contribution is 2.47. The van der Waals surface area contributed by atoms with Gasteiger partial charge in [0, 0.05) is 18.0 Å². The number of thioether (sulfide) groups is 1. The topological polar surface area (TPSA) is 64.0 Å². The second kappa shape index (κ2) is 13.8. The lowest BCUT2D eigenvalue weighted by Crippen LogP contribution is -2.32. The van der Waals surface area contributed by atoms with Crippen molar-refractivity contribution >= 4 is 24.2 Å². The van der Waals surface area contributed by atoms with E-state index in [1.54, 1.807) is 40.2 Å². The molecule has 0 saturated heterocycles. The minimum absolute atomic E-state index is 0. The number of nitrogens with zero attached hydrogens (tertiary/aromatic N) is 2. The van der Waals surface area contributed by atoms with Crippen molar-refractivity contribution in [3.8, 4) is 29.1 Å². The average Bonchev–Trinajstić information content (AvgIpc) is 2.96. The minimum Gasteiger partial charge on any atom is -0.493 e. The van der Waals surface area contributed by atoms with Gasteiger partial charge in [0.2, 0.25) is 0 Å². The molecule has 39 heavy (non-hydrogen) atoms. The van der Waals surface area contributed by atoms with E-state index < -0.39 is 4.75 Å². The van der Waals surface area contributed by atoms with Crippen molar-refractivity contribution in [2.45, 2.75) is 42.4 Å². The molecule has 0 fully saturated rings. The molecule has 0 radical (unpaired) electrons. The molecule has 0 spiro atoms. The Morgan fingerprint density at radius 3 is 2.08 bits per heavy atom. The lowest BCUT2D eigenvalue weighted by molar-refractivity contribution is 0.245. The maximum atomic E-state index is 10.6. The van der Waals surface area contributed by atoms with Gasteiger partial charge in [-0.1, -0.05) is 35.5 Å². The Bertz CT molecular complexity index is 1290. The van der Waals surface area contributed by atoms with E-state index in [1.807, 2.05) is 18.2 Å². The van der Waals surface area contributed by atoms with Gasteiger partial charge in [0.15, 0.2) is 23.0 Å². The van der Waals surface area contributed by atoms with Crippen LogP contribution < -0.4 is 18.9 Å². The maximum absolute atomic E-state index is 10.6. The Morgan fingerprint density at radius 1 is 0.846 bits per heavy atom. The van der Waals surface area contributed by atoms with E-state index in [0.29, 0.717) is 17.9 Å². The second-order valence-corrected chi connectivity index (χ2v) is 10.9. The van der Waals surface area contributed by atoms with Crippen molar-refractivity contribution in [2.75, 3.05) is 41.5 Å². The van der Waals surface area contributed by atoms with Crippen LogP contribution >= 0.6 is 24.2 Å². The van der Waals surface area contributed by atoms with Crippen LogP contribution in [0.1, 0.15) is 35.1 Å². The van der Waals surface area contributed by atoms with Crippen molar-refractivity contribution < 1.29 is 18.9 Å². The smallest absolute Gasteiger partial charge is 0.161 e. The first-order valence-corrected chi connectivity index (χ1v) is 13.6. The van der Waals surface area contributed by atoms with Crippen LogP contribution in [0.25, 0.3) is 0 Å². The van der Waals surface area contributed by atoms with E-state index in [4.69, 9.17) is 18.9 Å². The molecule has 3 aromatic rings. The van der Waals surface area contributed by atoms with E-state index in [2.05, 4.69) is 54.3 Å². The number of fused-ring (bicyclic) bond motifs is 1. The van der Waals surface area contributed by atoms with Crippen LogP contribution in [0, 0.1) is 18.3 Å². The number of ether oxygens (including phenoxy) is 4. The van der Waals surface area contributed by atoms with Crippen LogP contribution in [0.15, 0.2) is 59.5 Å². The Labute approximate surface area is 242 Å². The fraction of sp³-hybridized carbons (Fsp3) is 0.387. The summed E-state index contributed by atoms with van der Waals surface area (Å²) in [5.41, 5.74) is 4.70. The van der Waals surface area contributed by atoms with Crippen LogP contribution in [0.2, 0.25) is 0 Å². The largest absolute Gasteiger partial charge is 0.493 e. The van der Waals surface area contributed by atoms with Crippen LogP contribution in [-0.2, 0) is 17.7 Å². The predicted molar refractivity (Wildman–Crippen MR) is 159 cm³/mol. The average molecular weight is 569 g/mol. The van der Waals surface area contributed by atoms with E-state index in [0.717, 1.165) is 54.4 Å². The maximum Gasteiger partial charge on any atom is 0.161 e. The Kier molecular flexibility index (Phi) is 10.8. The fourth-order valence-corrected chi connectivity index (χ4v) is 6.19. The zero-order chi connectivity index (χ0) is 27.1. The summed E-state index contributed by atoms with van der Waals surface area (Å²) in [6, 6.07) is 21.1. The molecule has 1 heterocycles. The van der Waals surface area contributed by atoms with Crippen LogP contribution in [0.3, 0.4) is 0 Å². The number of rotatable bonds is 11. The molecule has 0 aromatic heterocycles. The summed E-state index contributed by atoms with van der Waals surface area (Å²) in [7, 11) is 6.60. The second-order valence-electron chi connectivity index (χ2n) is 9.53. The molecule has 208 valence electrons. The number of hydrogen-bond acceptors (Lipinski definition) is 7. The molecule has 1 unspecified atom stereocenters. The SMILES string of the molecule is COc1ccc(C(C#N)(CCCN2CCc3cc(OC)c(OC)cc3C2)Sc2ccc(C)cc2)cc1OC.Cl. The minimum atomic E-state index is -0.765. The lowest BCUT2D eigenvalue weighted by Gasteiger charge is -2.32. The van der Waals surface area contributed by atoms with Crippen molar-refractivity contribution in [2.24, 2.45) is 0 Å². The van der Waals surface area contributed by atoms with E-state index in [1.165, 1.54) is 16.7 Å². The molecule has 0 saturated carbocycles. The van der Waals surface area contributed by atoms with Gasteiger partial charge in [-0.25, -0.2) is 0 Å². The molecule has 1 atom stereocenters. The number of hydrogen-bond donors (Lipinski definition) is 0. The summed E-state index contributed by atoms with van der Waals surface area (Å²) in [5.74, 6) is 2.83. The van der Waals surface area contributed by atoms with Gasteiger partial charge in [-0.15, -0.1) is 12.4 Å². The van der Waals surface area contributed by atoms with Crippen LogP contribution in [0.4, 0.5) is 0 Å². The summed E-state index contributed by atoms with van der Waals surface area (Å²) < 4.78 is 21.3. The third-order valence-electron chi connectivity index (χ3n) is 7.14. The molecule has 3 aromatic carbocycles. The summed E-state index contributed by atoms with van der Waals surface area (Å²) in [6.07, 6.45) is 2.54. The molecule has 0 aliphatic carbocycles. The van der Waals surface area contributed by atoms with Crippen molar-refractivity contribution in [3.05, 3.63) is 76.9 Å². The van der Waals surface area contributed by atoms with Gasteiger partial charge in [-0.3, -0.25) is 4.90 Å². The highest BCUT2D eigenvalue weighted by Gasteiger charge is 2.35. The summed E-state index contributed by atoms with van der Waals surface area (Å²) in [6.45, 7) is 4.81. The quantitative estimate of drug-likeness (QED) is 0.236. The molecule has 6 nitrogen and oxygen atoms in total. The summed E-state index contributed by atoms with van der Waals surface area (Å²) in [4.78, 5) is 3.53. The molecular formula is C31H37ClN2O4S. The number of methoxy groups -OCH3 is 4. The van der Waals surface area contributed by atoms with E-state index in [9.17, 15) is 5.26 Å². The van der Waals surface area contributed by atoms with Gasteiger partial charge in [-0.2, -0.15) is 5.26 Å². The summed E-state index contributed by atoms with van der Waals surface area (Å²) in [5, 5.41) is 10.6. The third-order valence-corrected chi connectivity index (χ3v) is 8.53. The Morgan fingerprint density at radius 2 is 1.46 bits per heavy atom. The fourth-order valence-electron chi connectivity index (χ4n) is 4.98. The molecule has 8 heteroatoms. The van der Waals surface area contributed by atoms with Crippen molar-refractivity contribution in [1.82, 2.24) is 4.90 Å². The van der Waals surface area contributed by atoms with Gasteiger partial charge in [0.1, 0.15) is 4.75 Å². The normalized spacial score (nSPS) is 14.3. The standard InChI is InChI=1S/C31H36N2O4S.ClH/c1-22-7-10-26(11-8-22)38-31(21-32,25-9-12-27(34-2)30(19-25)37-5)14-6-15-33-16-13-23-17-28(35-3)29(36-4)18-24(23)20-33;/h7-12,17-19H,6,13-16,20H2,1-5H3;1H. The van der Waals surface area contributed by atoms with Gasteiger partial charge >= 0.3 is 0 Å². The third kappa shape index (κ3) is 6.94. The highest BCUT2D eigenvalue weighted by molar-refractivity contribution is 8.00. The molecule has 1 aliphatic rings. The van der Waals surface area contributed by atoms with Gasteiger partial charge < -0.3 is 18.9 Å². The first-order chi connectivity index (χ1) is 18.4. The Balaban J connectivity index is 0.00000420. The van der Waals surface area contributed by atoms with Gasteiger partial charge in [0.25, 0.3) is 0 Å². The zero-order valence-electron chi connectivity index (χ0n) is 23.3. The van der Waals surface area contributed by atoms with Crippen LogP contribution in [-0.4, -0.2) is 46.4 Å². The predicted octanol–water partition coefficient (Wildman–Crippen LogP) is 6.80. The van der Waals surface area contributed by atoms with E-state index >= 15 is 0 Å². The van der Waals surface area contributed by atoms with Gasteiger partial charge in [-0.05, 0) is 85.8 Å². The molecule has 4 rings (SSSR count). The molecular weight excluding hydrogens is 532 g/mol. The van der Waals surface area contributed by atoms with Crippen LogP contribution in [0.5, 0.6) is 23.0 Å². The zero-order valence-corrected chi connectivity index (χ0v) is 24.9. The number of nitriles is 1. The number of halogens is 1.